The number of halogens is 4. The summed E-state index contributed by atoms with van der Waals surface area (Å²) in [6.07, 6.45) is 0. The minimum Gasteiger partial charge on any atom is -0.418 e. The summed E-state index contributed by atoms with van der Waals surface area (Å²) >= 11 is 0. The Morgan fingerprint density at radius 2 is 0.935 bits per heavy atom. The monoisotopic (exact) mass is 424 g/mol. The number of hydrogen-bond donors (Lipinski definition) is 0. The van der Waals surface area contributed by atoms with Gasteiger partial charge in [-0.2, -0.15) is 0 Å². The smallest absolute Gasteiger partial charge is 0.418 e. The Bertz CT molecular complexity index is 1090. The Kier molecular flexibility index (Phi) is 6.90. The van der Waals surface area contributed by atoms with Crippen molar-refractivity contribution >= 4 is 7.25 Å². The average Bonchev–Trinajstić information content (AvgIpc) is 2.73. The molecule has 1 heterocycles. The van der Waals surface area contributed by atoms with Gasteiger partial charge in [0.15, 0.2) is 0 Å². The zero-order valence-corrected chi connectivity index (χ0v) is 17.2. The van der Waals surface area contributed by atoms with Crippen LogP contribution >= 0.6 is 0 Å². The molecule has 0 bridgehead atoms. The van der Waals surface area contributed by atoms with Gasteiger partial charge in [-0.15, -0.1) is 0 Å². The number of aryl methyl sites for hydroxylation is 2. The van der Waals surface area contributed by atoms with Crippen LogP contribution in [-0.4, -0.2) is 7.25 Å². The van der Waals surface area contributed by atoms with Crippen LogP contribution < -0.4 is 0 Å². The zero-order chi connectivity index (χ0) is 22.4. The molecule has 0 saturated heterocycles. The fourth-order valence-electron chi connectivity index (χ4n) is 3.26. The van der Waals surface area contributed by atoms with Gasteiger partial charge in [0.25, 0.3) is 0 Å². The highest BCUT2D eigenvalue weighted by Gasteiger charge is 2.22. The molecule has 1 aromatic heterocycles. The van der Waals surface area contributed by atoms with Crippen LogP contribution in [0.4, 0.5) is 17.3 Å². The van der Waals surface area contributed by atoms with Crippen molar-refractivity contribution in [2.24, 2.45) is 0 Å². The van der Waals surface area contributed by atoms with Gasteiger partial charge < -0.3 is 17.3 Å². The fourth-order valence-corrected chi connectivity index (χ4v) is 3.26. The first-order chi connectivity index (χ1) is 14.7. The summed E-state index contributed by atoms with van der Waals surface area (Å²) in [4.78, 5) is 0. The molecule has 0 unspecified atom stereocenters. The van der Waals surface area contributed by atoms with E-state index in [1.165, 1.54) is 16.7 Å². The van der Waals surface area contributed by atoms with Gasteiger partial charge >= 0.3 is 18.8 Å². The van der Waals surface area contributed by atoms with Crippen molar-refractivity contribution in [2.45, 2.75) is 13.8 Å². The normalized spacial score (nSPS) is 10.9. The molecule has 0 saturated carbocycles. The van der Waals surface area contributed by atoms with Crippen LogP contribution in [0.3, 0.4) is 0 Å². The highest BCUT2D eigenvalue weighted by Crippen LogP contribution is 2.34. The molecule has 4 rings (SSSR count). The SMILES string of the molecule is Cc1ccccc1-c1cc(-c2ccccc2)cc(-c2ccccc2C)[o+]1.F[B-](F)(F)F. The van der Waals surface area contributed by atoms with Crippen molar-refractivity contribution in [3.8, 4) is 33.8 Å². The maximum atomic E-state index is 9.75. The molecule has 3 aromatic carbocycles. The highest BCUT2D eigenvalue weighted by molar-refractivity contribution is 6.50. The Hall–Kier alpha value is -3.41. The Balaban J connectivity index is 0.000000491. The van der Waals surface area contributed by atoms with Crippen molar-refractivity contribution in [1.29, 1.82) is 0 Å². The first-order valence-electron chi connectivity index (χ1n) is 9.75. The van der Waals surface area contributed by atoms with E-state index < -0.39 is 7.25 Å². The van der Waals surface area contributed by atoms with E-state index in [9.17, 15) is 17.3 Å². The molecule has 6 heteroatoms. The van der Waals surface area contributed by atoms with Crippen molar-refractivity contribution in [3.63, 3.8) is 0 Å². The Morgan fingerprint density at radius 1 is 0.548 bits per heavy atom. The van der Waals surface area contributed by atoms with Gasteiger partial charge in [0, 0.05) is 5.56 Å². The lowest BCUT2D eigenvalue weighted by Crippen LogP contribution is -2.02. The van der Waals surface area contributed by atoms with Gasteiger partial charge in [-0.25, -0.2) is 4.42 Å². The van der Waals surface area contributed by atoms with Crippen molar-refractivity contribution in [2.75, 3.05) is 0 Å². The Morgan fingerprint density at radius 3 is 1.35 bits per heavy atom. The van der Waals surface area contributed by atoms with Crippen molar-refractivity contribution < 1.29 is 21.7 Å². The van der Waals surface area contributed by atoms with Gasteiger partial charge in [0.1, 0.15) is 0 Å². The summed E-state index contributed by atoms with van der Waals surface area (Å²) in [5.41, 5.74) is 7.01. The molecule has 0 aliphatic rings. The summed E-state index contributed by atoms with van der Waals surface area (Å²) in [6, 6.07) is 31.4. The number of hydrogen-bond acceptors (Lipinski definition) is 0. The quantitative estimate of drug-likeness (QED) is 0.182. The lowest BCUT2D eigenvalue weighted by Gasteiger charge is -2.04. The van der Waals surface area contributed by atoms with Gasteiger partial charge in [0.2, 0.25) is 0 Å². The Labute approximate surface area is 179 Å². The topological polar surface area (TPSA) is 11.3 Å². The second-order valence-corrected chi connectivity index (χ2v) is 7.07. The van der Waals surface area contributed by atoms with Crippen LogP contribution in [0.25, 0.3) is 33.8 Å². The molecule has 31 heavy (non-hydrogen) atoms. The molecule has 0 N–H and O–H groups in total. The summed E-state index contributed by atoms with van der Waals surface area (Å²) in [5.74, 6) is 1.78. The molecular formula is C25H21BF4O. The highest BCUT2D eigenvalue weighted by atomic mass is 19.5. The third-order valence-electron chi connectivity index (χ3n) is 4.72. The molecular weight excluding hydrogens is 403 g/mol. The minimum atomic E-state index is -6.00. The number of rotatable bonds is 3. The third kappa shape index (κ3) is 6.28. The second-order valence-electron chi connectivity index (χ2n) is 7.07. The van der Waals surface area contributed by atoms with E-state index in [0.29, 0.717) is 0 Å². The lowest BCUT2D eigenvalue weighted by molar-refractivity contribution is 0.368. The molecule has 0 aliphatic carbocycles. The maximum Gasteiger partial charge on any atom is 0.673 e. The first-order valence-corrected chi connectivity index (χ1v) is 9.75. The molecule has 0 aliphatic heterocycles. The van der Waals surface area contributed by atoms with Crippen molar-refractivity contribution in [3.05, 3.63) is 102 Å². The van der Waals surface area contributed by atoms with Crippen LogP contribution in [0.1, 0.15) is 11.1 Å². The van der Waals surface area contributed by atoms with E-state index in [4.69, 9.17) is 4.42 Å². The van der Waals surface area contributed by atoms with E-state index in [-0.39, 0.29) is 0 Å². The predicted octanol–water partition coefficient (Wildman–Crippen LogP) is 8.48. The summed E-state index contributed by atoms with van der Waals surface area (Å²) in [7, 11) is -6.00. The molecule has 0 amide bonds. The first kappa shape index (κ1) is 22.3. The van der Waals surface area contributed by atoms with Gasteiger partial charge in [0.05, 0.1) is 23.3 Å². The molecule has 0 spiro atoms. The van der Waals surface area contributed by atoms with E-state index >= 15 is 0 Å². The predicted molar refractivity (Wildman–Crippen MR) is 119 cm³/mol. The second kappa shape index (κ2) is 9.60. The average molecular weight is 424 g/mol. The molecule has 0 atom stereocenters. The molecule has 4 aromatic rings. The summed E-state index contributed by atoms with van der Waals surface area (Å²) < 4.78 is 45.4. The largest absolute Gasteiger partial charge is 0.673 e. The zero-order valence-electron chi connectivity index (χ0n) is 17.2. The summed E-state index contributed by atoms with van der Waals surface area (Å²) in [6.45, 7) is 4.24. The molecule has 158 valence electrons. The van der Waals surface area contributed by atoms with Gasteiger partial charge in [-0.05, 0) is 42.7 Å². The van der Waals surface area contributed by atoms with Crippen LogP contribution in [0.15, 0.2) is 95.4 Å². The van der Waals surface area contributed by atoms with Gasteiger partial charge in [-0.3, -0.25) is 0 Å². The van der Waals surface area contributed by atoms with Crippen LogP contribution in [0, 0.1) is 13.8 Å². The van der Waals surface area contributed by atoms with Crippen molar-refractivity contribution in [1.82, 2.24) is 0 Å². The van der Waals surface area contributed by atoms with E-state index in [1.54, 1.807) is 0 Å². The lowest BCUT2D eigenvalue weighted by atomic mass is 9.99. The minimum absolute atomic E-state index is 0.891. The van der Waals surface area contributed by atoms with E-state index in [2.05, 4.69) is 98.8 Å². The van der Waals surface area contributed by atoms with E-state index in [1.807, 2.05) is 6.07 Å². The molecule has 0 fully saturated rings. The third-order valence-corrected chi connectivity index (χ3v) is 4.72. The van der Waals surface area contributed by atoms with Crippen LogP contribution in [-0.2, 0) is 0 Å². The van der Waals surface area contributed by atoms with Gasteiger partial charge in [-0.1, -0.05) is 66.7 Å². The molecule has 0 radical (unpaired) electrons. The van der Waals surface area contributed by atoms with E-state index in [0.717, 1.165) is 28.2 Å². The maximum absolute atomic E-state index is 9.75. The van der Waals surface area contributed by atoms with Crippen LogP contribution in [0.5, 0.6) is 0 Å². The fraction of sp³-hybridized carbons (Fsp3) is 0.0800. The number of benzene rings is 3. The summed E-state index contributed by atoms with van der Waals surface area (Å²) in [5, 5.41) is 0. The van der Waals surface area contributed by atoms with Crippen LogP contribution in [0.2, 0.25) is 0 Å². The molecule has 1 nitrogen and oxygen atoms in total. The standard InChI is InChI=1S/C25H21O.BF4/c1-18-10-6-8-14-22(18)24-16-21(20-12-4-3-5-13-20)17-25(26-24)23-15-9-7-11-19(23)2;2-1(3,4)5/h3-17H,1-2H3;/q+1;-1.